The number of nitrogens with one attached hydrogen (secondary N) is 2. The van der Waals surface area contributed by atoms with Crippen LogP contribution in [0.5, 0.6) is 0 Å². The minimum Gasteiger partial charge on any atom is -0.372 e. The summed E-state index contributed by atoms with van der Waals surface area (Å²) in [6.07, 6.45) is 1.50. The second-order valence-corrected chi connectivity index (χ2v) is 5.95. The van der Waals surface area contributed by atoms with Gasteiger partial charge in [0.15, 0.2) is 0 Å². The summed E-state index contributed by atoms with van der Waals surface area (Å²) in [5.74, 6) is 1.35. The van der Waals surface area contributed by atoms with E-state index in [1.165, 1.54) is 12.0 Å². The van der Waals surface area contributed by atoms with Gasteiger partial charge >= 0.3 is 0 Å². The van der Waals surface area contributed by atoms with Gasteiger partial charge in [-0.3, -0.25) is 0 Å². The van der Waals surface area contributed by atoms with Crippen LogP contribution in [0.1, 0.15) is 19.4 Å². The molecule has 0 atom stereocenters. The average molecular weight is 358 g/mol. The molecule has 0 spiro atoms. The molecular weight excluding hydrogens is 336 g/mol. The largest absolute Gasteiger partial charge is 0.372 e. The van der Waals surface area contributed by atoms with Crippen LogP contribution in [0.15, 0.2) is 60.9 Å². The zero-order valence-electron chi connectivity index (χ0n) is 15.5. The predicted octanol–water partition coefficient (Wildman–Crippen LogP) is 4.68. The molecule has 2 N–H and O–H groups in total. The van der Waals surface area contributed by atoms with Crippen molar-refractivity contribution >= 4 is 28.7 Å². The molecule has 6 heteroatoms. The van der Waals surface area contributed by atoms with Gasteiger partial charge < -0.3 is 15.5 Å². The lowest BCUT2D eigenvalue weighted by Gasteiger charge is -2.21. The average Bonchev–Trinajstić information content (AvgIpc) is 2.70. The first-order valence-corrected chi connectivity index (χ1v) is 8.93. The molecule has 0 saturated carbocycles. The molecule has 3 rings (SSSR count). The molecule has 2 aromatic carbocycles. The second-order valence-electron chi connectivity index (χ2n) is 5.95. The molecule has 0 fully saturated rings. The van der Waals surface area contributed by atoms with Crippen molar-refractivity contribution in [1.29, 1.82) is 5.26 Å². The Morgan fingerprint density at radius 3 is 2.19 bits per heavy atom. The molecule has 0 unspecified atom stereocenters. The molecule has 27 heavy (non-hydrogen) atoms. The maximum atomic E-state index is 9.01. The monoisotopic (exact) mass is 358 g/mol. The van der Waals surface area contributed by atoms with Crippen LogP contribution in [0.2, 0.25) is 0 Å². The van der Waals surface area contributed by atoms with Crippen molar-refractivity contribution in [3.8, 4) is 6.07 Å². The minimum atomic E-state index is 0.598. The molecule has 6 nitrogen and oxygen atoms in total. The number of nitrogens with zero attached hydrogens (tertiary/aromatic N) is 4. The third kappa shape index (κ3) is 4.73. The maximum absolute atomic E-state index is 9.01. The fourth-order valence-electron chi connectivity index (χ4n) is 2.80. The Morgan fingerprint density at radius 1 is 0.889 bits per heavy atom. The molecular formula is C21H22N6. The topological polar surface area (TPSA) is 76.9 Å². The molecule has 0 aliphatic heterocycles. The van der Waals surface area contributed by atoms with Crippen LogP contribution >= 0.6 is 0 Å². The van der Waals surface area contributed by atoms with Gasteiger partial charge in [0, 0.05) is 36.2 Å². The summed E-state index contributed by atoms with van der Waals surface area (Å²) in [5.41, 5.74) is 3.57. The summed E-state index contributed by atoms with van der Waals surface area (Å²) in [4.78, 5) is 10.8. The number of anilines is 5. The second kappa shape index (κ2) is 8.68. The van der Waals surface area contributed by atoms with Crippen molar-refractivity contribution < 1.29 is 0 Å². The van der Waals surface area contributed by atoms with Gasteiger partial charge in [-0.1, -0.05) is 6.07 Å². The van der Waals surface area contributed by atoms with Gasteiger partial charge in [-0.05, 0) is 56.3 Å². The summed E-state index contributed by atoms with van der Waals surface area (Å²) in [6.45, 7) is 6.27. The van der Waals surface area contributed by atoms with E-state index in [2.05, 4.69) is 57.6 Å². The van der Waals surface area contributed by atoms with Crippen molar-refractivity contribution in [2.24, 2.45) is 0 Å². The van der Waals surface area contributed by atoms with Crippen LogP contribution in [-0.2, 0) is 0 Å². The van der Waals surface area contributed by atoms with Crippen LogP contribution < -0.4 is 15.5 Å². The highest BCUT2D eigenvalue weighted by molar-refractivity contribution is 5.65. The van der Waals surface area contributed by atoms with E-state index in [1.54, 1.807) is 12.1 Å². The summed E-state index contributed by atoms with van der Waals surface area (Å²) in [5, 5.41) is 15.5. The molecule has 1 aromatic heterocycles. The van der Waals surface area contributed by atoms with Crippen molar-refractivity contribution in [3.05, 3.63) is 66.5 Å². The first-order chi connectivity index (χ1) is 13.2. The fraction of sp³-hybridized carbons (Fsp3) is 0.190. The minimum absolute atomic E-state index is 0.598. The Balaban J connectivity index is 1.71. The van der Waals surface area contributed by atoms with Gasteiger partial charge in [-0.15, -0.1) is 0 Å². The predicted molar refractivity (Wildman–Crippen MR) is 110 cm³/mol. The van der Waals surface area contributed by atoms with E-state index in [-0.39, 0.29) is 0 Å². The lowest BCUT2D eigenvalue weighted by Crippen LogP contribution is -2.21. The zero-order chi connectivity index (χ0) is 19.1. The lowest BCUT2D eigenvalue weighted by molar-refractivity contribution is 0.866. The van der Waals surface area contributed by atoms with Crippen LogP contribution in [-0.4, -0.2) is 23.1 Å². The van der Waals surface area contributed by atoms with Crippen molar-refractivity contribution in [3.63, 3.8) is 0 Å². The third-order valence-corrected chi connectivity index (χ3v) is 4.20. The number of rotatable bonds is 7. The maximum Gasteiger partial charge on any atom is 0.135 e. The van der Waals surface area contributed by atoms with E-state index in [9.17, 15) is 0 Å². The molecule has 136 valence electrons. The van der Waals surface area contributed by atoms with Gasteiger partial charge in [-0.25, -0.2) is 9.97 Å². The standard InChI is InChI=1S/C21H22N6/c1-3-27(4-2)19-10-8-17(9-11-19)25-20-13-21(24-15-23-20)26-18-7-5-6-16(12-18)14-22/h5-13,15H,3-4H2,1-2H3,(H2,23,24,25,26). The number of hydrogen-bond acceptors (Lipinski definition) is 6. The van der Waals surface area contributed by atoms with Crippen LogP contribution in [0, 0.1) is 11.3 Å². The smallest absolute Gasteiger partial charge is 0.135 e. The third-order valence-electron chi connectivity index (χ3n) is 4.20. The van der Waals surface area contributed by atoms with Gasteiger partial charge in [0.2, 0.25) is 0 Å². The Kier molecular flexibility index (Phi) is 5.85. The molecule has 0 aliphatic carbocycles. The van der Waals surface area contributed by atoms with E-state index in [0.717, 1.165) is 24.5 Å². The Hall–Kier alpha value is -3.59. The molecule has 0 amide bonds. The van der Waals surface area contributed by atoms with Gasteiger partial charge in [0.05, 0.1) is 11.6 Å². The van der Waals surface area contributed by atoms with Crippen molar-refractivity contribution in [2.75, 3.05) is 28.6 Å². The Morgan fingerprint density at radius 2 is 1.56 bits per heavy atom. The number of benzene rings is 2. The first kappa shape index (κ1) is 18.2. The Bertz CT molecular complexity index is 926. The van der Waals surface area contributed by atoms with Gasteiger partial charge in [-0.2, -0.15) is 5.26 Å². The lowest BCUT2D eigenvalue weighted by atomic mass is 10.2. The summed E-state index contributed by atoms with van der Waals surface area (Å²) >= 11 is 0. The fourth-order valence-corrected chi connectivity index (χ4v) is 2.80. The van der Waals surface area contributed by atoms with E-state index >= 15 is 0 Å². The van der Waals surface area contributed by atoms with E-state index < -0.39 is 0 Å². The molecule has 0 radical (unpaired) electrons. The highest BCUT2D eigenvalue weighted by Gasteiger charge is 2.04. The van der Waals surface area contributed by atoms with E-state index in [4.69, 9.17) is 5.26 Å². The highest BCUT2D eigenvalue weighted by atomic mass is 15.1. The first-order valence-electron chi connectivity index (χ1n) is 8.93. The molecule has 0 saturated heterocycles. The summed E-state index contributed by atoms with van der Waals surface area (Å²) in [7, 11) is 0. The molecule has 0 bridgehead atoms. The number of aromatic nitrogens is 2. The molecule has 0 aliphatic rings. The Labute approximate surface area is 159 Å². The van der Waals surface area contributed by atoms with Crippen LogP contribution in [0.3, 0.4) is 0 Å². The molecule has 3 aromatic rings. The van der Waals surface area contributed by atoms with Crippen molar-refractivity contribution in [2.45, 2.75) is 13.8 Å². The molecule has 1 heterocycles. The quantitative estimate of drug-likeness (QED) is 0.638. The van der Waals surface area contributed by atoms with Gasteiger partial charge in [0.1, 0.15) is 18.0 Å². The summed E-state index contributed by atoms with van der Waals surface area (Å²) < 4.78 is 0. The zero-order valence-corrected chi connectivity index (χ0v) is 15.5. The van der Waals surface area contributed by atoms with Crippen molar-refractivity contribution in [1.82, 2.24) is 9.97 Å². The van der Waals surface area contributed by atoms with Crippen LogP contribution in [0.4, 0.5) is 28.7 Å². The summed E-state index contributed by atoms with van der Waals surface area (Å²) in [6, 6.07) is 19.5. The van der Waals surface area contributed by atoms with Gasteiger partial charge in [0.25, 0.3) is 0 Å². The number of hydrogen-bond donors (Lipinski definition) is 2. The van der Waals surface area contributed by atoms with E-state index in [0.29, 0.717) is 17.2 Å². The SMILES string of the molecule is CCN(CC)c1ccc(Nc2cc(Nc3cccc(C#N)c3)ncn2)cc1. The normalized spacial score (nSPS) is 10.1. The highest BCUT2D eigenvalue weighted by Crippen LogP contribution is 2.22. The van der Waals surface area contributed by atoms with Crippen LogP contribution in [0.25, 0.3) is 0 Å². The van der Waals surface area contributed by atoms with E-state index in [1.807, 2.05) is 30.3 Å². The number of nitriles is 1.